The minimum atomic E-state index is -0.260. The Hall–Kier alpha value is -1.18. The van der Waals surface area contributed by atoms with Crippen LogP contribution in [-0.4, -0.2) is 18.1 Å². The molecule has 0 aromatic rings. The third kappa shape index (κ3) is 0.946. The fourth-order valence-corrected chi connectivity index (χ4v) is 1.36. The molecule has 0 fully saturated rings. The third-order valence-electron chi connectivity index (χ3n) is 2.11. The summed E-state index contributed by atoms with van der Waals surface area (Å²) < 4.78 is 0. The molecule has 11 heavy (non-hydrogen) atoms. The van der Waals surface area contributed by atoms with E-state index in [9.17, 15) is 0 Å². The third-order valence-corrected chi connectivity index (χ3v) is 2.11. The monoisotopic (exact) mass is 146 g/mol. The van der Waals surface area contributed by atoms with Crippen molar-refractivity contribution in [2.24, 2.45) is 15.9 Å². The molecule has 0 aromatic heterocycles. The fraction of sp³-hybridized carbons (Fsp3) is 0.333. The Morgan fingerprint density at radius 3 is 2.09 bits per heavy atom. The topological polar surface area (TPSA) is 24.7 Å². The molecule has 0 spiro atoms. The summed E-state index contributed by atoms with van der Waals surface area (Å²) >= 11 is 0. The van der Waals surface area contributed by atoms with Gasteiger partial charge in [-0.1, -0.05) is 12.2 Å². The molecule has 2 rings (SSSR count). The van der Waals surface area contributed by atoms with E-state index in [2.05, 4.69) is 22.1 Å². The molecule has 56 valence electrons. The van der Waals surface area contributed by atoms with Crippen LogP contribution in [0, 0.1) is 5.92 Å². The second-order valence-corrected chi connectivity index (χ2v) is 2.95. The van der Waals surface area contributed by atoms with Crippen molar-refractivity contribution in [1.29, 1.82) is 0 Å². The number of dihydropyridines is 2. The van der Waals surface area contributed by atoms with Gasteiger partial charge in [-0.15, -0.1) is 0 Å². The van der Waals surface area contributed by atoms with Crippen molar-refractivity contribution in [1.82, 2.24) is 0 Å². The second-order valence-electron chi connectivity index (χ2n) is 2.95. The first-order chi connectivity index (χ1) is 5.31. The minimum Gasteiger partial charge on any atom is -0.263 e. The first-order valence-electron chi connectivity index (χ1n) is 3.75. The van der Waals surface area contributed by atoms with E-state index in [1.165, 1.54) is 0 Å². The average molecular weight is 146 g/mol. The van der Waals surface area contributed by atoms with Crippen LogP contribution in [0.25, 0.3) is 0 Å². The van der Waals surface area contributed by atoms with Crippen molar-refractivity contribution in [3.63, 3.8) is 0 Å². The van der Waals surface area contributed by atoms with Gasteiger partial charge in [0.05, 0.1) is 0 Å². The summed E-state index contributed by atoms with van der Waals surface area (Å²) in [4.78, 5) is 8.64. The van der Waals surface area contributed by atoms with Crippen LogP contribution in [0.15, 0.2) is 34.3 Å². The first-order valence-corrected chi connectivity index (χ1v) is 3.75. The number of aliphatic imine (C=N–C) groups is 2. The lowest BCUT2D eigenvalue weighted by atomic mass is 9.91. The highest BCUT2D eigenvalue weighted by Gasteiger charge is 2.31. The number of rotatable bonds is 0. The van der Waals surface area contributed by atoms with E-state index >= 15 is 0 Å². The molecule has 0 saturated heterocycles. The van der Waals surface area contributed by atoms with Crippen molar-refractivity contribution in [2.75, 3.05) is 0 Å². The van der Waals surface area contributed by atoms with Gasteiger partial charge in [0.25, 0.3) is 0 Å². The van der Waals surface area contributed by atoms with Gasteiger partial charge in [-0.05, 0) is 19.1 Å². The van der Waals surface area contributed by atoms with E-state index in [4.69, 9.17) is 0 Å². The summed E-state index contributed by atoms with van der Waals surface area (Å²) in [6, 6.07) is 0. The van der Waals surface area contributed by atoms with Crippen molar-refractivity contribution in [3.8, 4) is 0 Å². The summed E-state index contributed by atoms with van der Waals surface area (Å²) in [7, 11) is 0. The van der Waals surface area contributed by atoms with Gasteiger partial charge in [0, 0.05) is 18.3 Å². The maximum atomic E-state index is 4.32. The zero-order chi connectivity index (χ0) is 7.73. The van der Waals surface area contributed by atoms with Gasteiger partial charge in [0.15, 0.2) is 5.66 Å². The molecule has 2 aliphatic heterocycles. The van der Waals surface area contributed by atoms with Crippen LogP contribution < -0.4 is 0 Å². The molecule has 0 saturated carbocycles. The molecule has 2 nitrogen and oxygen atoms in total. The standard InChI is InChI=1S/C9H10N2/c1-9-8(4-2-6-10-9)5-3-7-11-9/h2-8H,1H3. The SMILES string of the molecule is CC12N=CC=CC1C=CC=N2. The first kappa shape index (κ1) is 6.53. The summed E-state index contributed by atoms with van der Waals surface area (Å²) in [5.74, 6) is 0.345. The van der Waals surface area contributed by atoms with E-state index < -0.39 is 0 Å². The van der Waals surface area contributed by atoms with Crippen LogP contribution in [-0.2, 0) is 0 Å². The lowest BCUT2D eigenvalue weighted by Crippen LogP contribution is -2.31. The molecule has 0 bridgehead atoms. The van der Waals surface area contributed by atoms with Crippen LogP contribution >= 0.6 is 0 Å². The molecular formula is C9H10N2. The van der Waals surface area contributed by atoms with Crippen LogP contribution in [0.5, 0.6) is 0 Å². The normalized spacial score (nSPS) is 39.2. The van der Waals surface area contributed by atoms with Crippen LogP contribution in [0.2, 0.25) is 0 Å². The number of allylic oxidation sites excluding steroid dienone is 2. The number of nitrogens with zero attached hydrogens (tertiary/aromatic N) is 2. The van der Waals surface area contributed by atoms with E-state index in [-0.39, 0.29) is 5.66 Å². The molecule has 0 aliphatic carbocycles. The lowest BCUT2D eigenvalue weighted by molar-refractivity contribution is 0.421. The second kappa shape index (κ2) is 2.16. The molecule has 2 heteroatoms. The predicted molar refractivity (Wildman–Crippen MR) is 47.2 cm³/mol. The Kier molecular flexibility index (Phi) is 1.28. The predicted octanol–water partition coefficient (Wildman–Crippen LogP) is 1.60. The maximum Gasteiger partial charge on any atom is 0.156 e. The highest BCUT2D eigenvalue weighted by Crippen LogP contribution is 2.29. The zero-order valence-electron chi connectivity index (χ0n) is 6.44. The number of fused-ring (bicyclic) bond motifs is 1. The van der Waals surface area contributed by atoms with Gasteiger partial charge in [-0.3, -0.25) is 9.98 Å². The van der Waals surface area contributed by atoms with Gasteiger partial charge in [-0.2, -0.15) is 0 Å². The Balaban J connectivity index is 2.40. The van der Waals surface area contributed by atoms with E-state index in [0.29, 0.717) is 5.92 Å². The molecule has 0 radical (unpaired) electrons. The molecular weight excluding hydrogens is 136 g/mol. The highest BCUT2D eigenvalue weighted by molar-refractivity contribution is 5.77. The van der Waals surface area contributed by atoms with Crippen molar-refractivity contribution >= 4 is 12.4 Å². The van der Waals surface area contributed by atoms with Crippen molar-refractivity contribution in [3.05, 3.63) is 24.3 Å². The smallest absolute Gasteiger partial charge is 0.156 e. The largest absolute Gasteiger partial charge is 0.263 e. The Labute approximate surface area is 66.1 Å². The Morgan fingerprint density at radius 1 is 1.09 bits per heavy atom. The van der Waals surface area contributed by atoms with Gasteiger partial charge in [0.2, 0.25) is 0 Å². The van der Waals surface area contributed by atoms with Crippen LogP contribution in [0.1, 0.15) is 6.92 Å². The molecule has 0 N–H and O–H groups in total. The molecule has 2 aliphatic rings. The van der Waals surface area contributed by atoms with Gasteiger partial charge >= 0.3 is 0 Å². The van der Waals surface area contributed by atoms with E-state index in [0.717, 1.165) is 0 Å². The highest BCUT2D eigenvalue weighted by atomic mass is 15.1. The summed E-state index contributed by atoms with van der Waals surface area (Å²) in [6.07, 6.45) is 11.8. The fourth-order valence-electron chi connectivity index (χ4n) is 1.36. The molecule has 0 amide bonds. The Bertz CT molecular complexity index is 247. The number of hydrogen-bond donors (Lipinski definition) is 0. The Morgan fingerprint density at radius 2 is 1.64 bits per heavy atom. The molecule has 0 unspecified atom stereocenters. The summed E-state index contributed by atoms with van der Waals surface area (Å²) in [6.45, 7) is 2.04. The summed E-state index contributed by atoms with van der Waals surface area (Å²) in [5.41, 5.74) is -0.260. The molecule has 2 heterocycles. The van der Waals surface area contributed by atoms with E-state index in [1.807, 2.05) is 31.5 Å². The molecule has 0 atom stereocenters. The van der Waals surface area contributed by atoms with E-state index in [1.54, 1.807) is 0 Å². The van der Waals surface area contributed by atoms with Crippen LogP contribution in [0.3, 0.4) is 0 Å². The molecule has 0 aromatic carbocycles. The quantitative estimate of drug-likeness (QED) is 0.496. The van der Waals surface area contributed by atoms with Gasteiger partial charge < -0.3 is 0 Å². The van der Waals surface area contributed by atoms with Gasteiger partial charge in [0.1, 0.15) is 0 Å². The number of hydrogen-bond acceptors (Lipinski definition) is 2. The van der Waals surface area contributed by atoms with Crippen molar-refractivity contribution in [2.45, 2.75) is 12.6 Å². The lowest BCUT2D eigenvalue weighted by Gasteiger charge is -2.29. The minimum absolute atomic E-state index is 0.260. The average Bonchev–Trinajstić information content (AvgIpc) is 2.03. The summed E-state index contributed by atoms with van der Waals surface area (Å²) in [5, 5.41) is 0. The van der Waals surface area contributed by atoms with Crippen LogP contribution in [0.4, 0.5) is 0 Å². The maximum absolute atomic E-state index is 4.32. The van der Waals surface area contributed by atoms with Gasteiger partial charge in [-0.25, -0.2) is 0 Å². The zero-order valence-corrected chi connectivity index (χ0v) is 6.44. The van der Waals surface area contributed by atoms with Crippen molar-refractivity contribution < 1.29 is 0 Å².